The molecule has 2 saturated heterocycles. The van der Waals surface area contributed by atoms with E-state index in [4.69, 9.17) is 28.3 Å². The largest absolute Gasteiger partial charge is 0.496 e. The molecule has 0 amide bonds. The molecule has 0 bridgehead atoms. The Morgan fingerprint density at radius 1 is 0.580 bits per heavy atom. The molecule has 0 aliphatic carbocycles. The number of pyridine rings is 1. The van der Waals surface area contributed by atoms with E-state index >= 15 is 0 Å². The second-order valence-corrected chi connectivity index (χ2v) is 17.8. The molecule has 3 aromatic rings. The number of hydrogen-bond donors (Lipinski definition) is 0. The van der Waals surface area contributed by atoms with Gasteiger partial charge in [0, 0.05) is 16.7 Å². The summed E-state index contributed by atoms with van der Waals surface area (Å²) in [5.41, 5.74) is 0.652. The third-order valence-electron chi connectivity index (χ3n) is 10.7. The Hall–Kier alpha value is -2.85. The molecule has 0 unspecified atom stereocenters. The van der Waals surface area contributed by atoms with Crippen molar-refractivity contribution in [3.63, 3.8) is 0 Å². The third-order valence-corrected chi connectivity index (χ3v) is 10.7. The van der Waals surface area contributed by atoms with E-state index in [1.54, 1.807) is 19.2 Å². The van der Waals surface area contributed by atoms with Crippen LogP contribution >= 0.6 is 0 Å². The predicted octanol–water partition coefficient (Wildman–Crippen LogP) is 8.64. The minimum atomic E-state index is -4.63. The molecule has 6 nitrogen and oxygen atoms in total. The quantitative estimate of drug-likeness (QED) is 0.250. The Morgan fingerprint density at radius 2 is 1.04 bits per heavy atom. The van der Waals surface area contributed by atoms with Crippen molar-refractivity contribution in [2.45, 2.75) is 136 Å². The summed E-state index contributed by atoms with van der Waals surface area (Å²) in [7, 11) is -0.175. The third kappa shape index (κ3) is 7.12. The Kier molecular flexibility index (Phi) is 9.29. The molecule has 2 aromatic carbocycles. The highest BCUT2D eigenvalue weighted by Gasteiger charge is 2.53. The average molecular weight is 693 g/mol. The van der Waals surface area contributed by atoms with Crippen molar-refractivity contribution in [1.29, 1.82) is 0 Å². The van der Waals surface area contributed by atoms with E-state index in [9.17, 15) is 13.2 Å². The highest BCUT2D eigenvalue weighted by Crippen LogP contribution is 2.44. The molecule has 2 aliphatic heterocycles. The highest BCUT2D eigenvalue weighted by atomic mass is 19.4. The fourth-order valence-electron chi connectivity index (χ4n) is 6.06. The Labute approximate surface area is 297 Å². The number of aromatic nitrogens is 1. The molecule has 0 spiro atoms. The van der Waals surface area contributed by atoms with E-state index in [2.05, 4.69) is 53.7 Å². The Morgan fingerprint density at radius 3 is 1.46 bits per heavy atom. The van der Waals surface area contributed by atoms with E-state index in [1.165, 1.54) is 0 Å². The van der Waals surface area contributed by atoms with Crippen LogP contribution < -0.4 is 15.7 Å². The standard InChI is InChI=1S/C39H52B2F3NO5/c1-33(2,3)24-19-28(32(46-15)29(20-24)34(4,5)6)31-22-27(41-49-37(11,12)38(13,14)50-41)21-30(45-31)23-16-25(39(42,43)44)18-26(17-23)40-47-35(7,8)36(9,10)48-40/h16-22H,1-15H3. The normalized spacial score (nSPS) is 20.0. The van der Waals surface area contributed by atoms with E-state index in [0.717, 1.165) is 28.8 Å². The molecule has 2 fully saturated rings. The van der Waals surface area contributed by atoms with Crippen LogP contribution in [0.5, 0.6) is 5.75 Å². The number of ether oxygens (including phenoxy) is 1. The van der Waals surface area contributed by atoms with Crippen molar-refractivity contribution in [2.75, 3.05) is 7.11 Å². The van der Waals surface area contributed by atoms with Crippen molar-refractivity contribution >= 4 is 25.2 Å². The van der Waals surface area contributed by atoms with Crippen molar-refractivity contribution in [3.05, 3.63) is 59.2 Å². The maximum Gasteiger partial charge on any atom is 0.494 e. The summed E-state index contributed by atoms with van der Waals surface area (Å²) in [4.78, 5) is 5.08. The summed E-state index contributed by atoms with van der Waals surface area (Å²) in [6.07, 6.45) is -4.63. The van der Waals surface area contributed by atoms with Crippen LogP contribution in [0.3, 0.4) is 0 Å². The lowest BCUT2D eigenvalue weighted by Gasteiger charge is -2.32. The maximum atomic E-state index is 14.5. The van der Waals surface area contributed by atoms with Gasteiger partial charge in [-0.15, -0.1) is 0 Å². The Balaban J connectivity index is 1.81. The lowest BCUT2D eigenvalue weighted by atomic mass is 9.75. The van der Waals surface area contributed by atoms with Gasteiger partial charge in [0.1, 0.15) is 5.75 Å². The van der Waals surface area contributed by atoms with Gasteiger partial charge in [0.2, 0.25) is 0 Å². The lowest BCUT2D eigenvalue weighted by Crippen LogP contribution is -2.41. The number of alkyl halides is 3. The second kappa shape index (κ2) is 12.1. The number of nitrogens with zero attached hydrogens (tertiary/aromatic N) is 1. The predicted molar refractivity (Wildman–Crippen MR) is 195 cm³/mol. The minimum Gasteiger partial charge on any atom is -0.496 e. The van der Waals surface area contributed by atoms with Gasteiger partial charge in [-0.3, -0.25) is 0 Å². The van der Waals surface area contributed by atoms with Gasteiger partial charge in [0.15, 0.2) is 0 Å². The molecule has 5 rings (SSSR count). The van der Waals surface area contributed by atoms with Crippen molar-refractivity contribution in [2.24, 2.45) is 0 Å². The number of methoxy groups -OCH3 is 1. The van der Waals surface area contributed by atoms with E-state index in [1.807, 2.05) is 61.5 Å². The van der Waals surface area contributed by atoms with Crippen LogP contribution in [-0.2, 0) is 35.6 Å². The first-order chi connectivity index (χ1) is 22.6. The van der Waals surface area contributed by atoms with Crippen molar-refractivity contribution in [3.8, 4) is 28.3 Å². The molecular formula is C39H52B2F3NO5. The van der Waals surface area contributed by atoms with Gasteiger partial charge in [0.25, 0.3) is 0 Å². The van der Waals surface area contributed by atoms with Crippen molar-refractivity contribution in [1.82, 2.24) is 4.98 Å². The Bertz CT molecular complexity index is 1760. The number of hydrogen-bond acceptors (Lipinski definition) is 6. The van der Waals surface area contributed by atoms with Crippen LogP contribution in [0.2, 0.25) is 0 Å². The number of rotatable bonds is 5. The molecule has 0 N–H and O–H groups in total. The number of halogens is 3. The molecule has 0 atom stereocenters. The molecule has 1 aromatic heterocycles. The maximum absolute atomic E-state index is 14.5. The average Bonchev–Trinajstić information content (AvgIpc) is 3.33. The van der Waals surface area contributed by atoms with Crippen LogP contribution in [0.1, 0.15) is 114 Å². The van der Waals surface area contributed by atoms with Gasteiger partial charge in [0.05, 0.1) is 46.5 Å². The fourth-order valence-corrected chi connectivity index (χ4v) is 6.06. The van der Waals surface area contributed by atoms with Crippen molar-refractivity contribution < 1.29 is 36.5 Å². The van der Waals surface area contributed by atoms with E-state index in [0.29, 0.717) is 22.6 Å². The summed E-state index contributed by atoms with van der Waals surface area (Å²) >= 11 is 0. The van der Waals surface area contributed by atoms with Crippen LogP contribution in [0, 0.1) is 0 Å². The lowest BCUT2D eigenvalue weighted by molar-refractivity contribution is -0.137. The fraction of sp³-hybridized carbons (Fsp3) is 0.564. The summed E-state index contributed by atoms with van der Waals surface area (Å²) < 4.78 is 75.1. The van der Waals surface area contributed by atoms with Gasteiger partial charge >= 0.3 is 20.4 Å². The van der Waals surface area contributed by atoms with Crippen LogP contribution in [0.15, 0.2) is 42.5 Å². The zero-order valence-electron chi connectivity index (χ0n) is 32.3. The summed E-state index contributed by atoms with van der Waals surface area (Å²) in [6, 6.07) is 11.8. The topological polar surface area (TPSA) is 59.0 Å². The minimum absolute atomic E-state index is 0.216. The summed E-state index contributed by atoms with van der Waals surface area (Å²) in [5.74, 6) is 0.650. The first kappa shape index (κ1) is 38.4. The van der Waals surface area contributed by atoms with Gasteiger partial charge in [-0.05, 0) is 107 Å². The van der Waals surface area contributed by atoms with Crippen LogP contribution in [-0.4, -0.2) is 48.7 Å². The van der Waals surface area contributed by atoms with Crippen LogP contribution in [0.4, 0.5) is 13.2 Å². The zero-order chi connectivity index (χ0) is 37.6. The SMILES string of the molecule is COc1c(-c2cc(B3OC(C)(C)C(C)(C)O3)cc(-c3cc(B4OC(C)(C)C(C)(C)O4)cc(C(F)(F)F)c3)n2)cc(C(C)(C)C)cc1C(C)(C)C. The van der Waals surface area contributed by atoms with Gasteiger partial charge in [-0.2, -0.15) is 13.2 Å². The first-order valence-electron chi connectivity index (χ1n) is 17.3. The zero-order valence-corrected chi connectivity index (χ0v) is 32.3. The smallest absolute Gasteiger partial charge is 0.494 e. The van der Waals surface area contributed by atoms with Crippen LogP contribution in [0.25, 0.3) is 22.5 Å². The molecule has 50 heavy (non-hydrogen) atoms. The molecule has 3 heterocycles. The molecule has 0 saturated carbocycles. The molecule has 0 radical (unpaired) electrons. The molecule has 11 heteroatoms. The molecule has 270 valence electrons. The van der Waals surface area contributed by atoms with E-state index < -0.39 is 48.4 Å². The summed E-state index contributed by atoms with van der Waals surface area (Å²) in [6.45, 7) is 28.1. The molecule has 2 aliphatic rings. The highest BCUT2D eigenvalue weighted by molar-refractivity contribution is 6.63. The molecular weight excluding hydrogens is 641 g/mol. The van der Waals surface area contributed by atoms with Gasteiger partial charge in [-0.1, -0.05) is 59.7 Å². The second-order valence-electron chi connectivity index (χ2n) is 17.8. The summed E-state index contributed by atoms with van der Waals surface area (Å²) in [5, 5.41) is 0. The number of benzene rings is 2. The first-order valence-corrected chi connectivity index (χ1v) is 17.3. The van der Waals surface area contributed by atoms with Gasteiger partial charge < -0.3 is 23.4 Å². The van der Waals surface area contributed by atoms with E-state index in [-0.39, 0.29) is 21.9 Å². The van der Waals surface area contributed by atoms with Gasteiger partial charge in [-0.25, -0.2) is 4.98 Å². The monoisotopic (exact) mass is 693 g/mol.